The molecule has 106 valence electrons. The van der Waals surface area contributed by atoms with E-state index in [0.717, 1.165) is 11.3 Å². The van der Waals surface area contributed by atoms with Crippen LogP contribution < -0.4 is 21.3 Å². The first kappa shape index (κ1) is 14.0. The lowest BCUT2D eigenvalue weighted by Gasteiger charge is -2.11. The van der Waals surface area contributed by atoms with Gasteiger partial charge in [-0.15, -0.1) is 0 Å². The highest BCUT2D eigenvalue weighted by Gasteiger charge is 2.08. The van der Waals surface area contributed by atoms with E-state index in [2.05, 4.69) is 25.7 Å². The van der Waals surface area contributed by atoms with Crippen LogP contribution in [0.5, 0.6) is 6.01 Å². The van der Waals surface area contributed by atoms with Crippen LogP contribution in [-0.2, 0) is 0 Å². The van der Waals surface area contributed by atoms with Crippen LogP contribution in [0.2, 0.25) is 0 Å². The zero-order valence-corrected chi connectivity index (χ0v) is 11.8. The number of nitrogens with zero attached hydrogens (tertiary/aromatic N) is 3. The third kappa shape index (κ3) is 3.12. The van der Waals surface area contributed by atoms with E-state index in [4.69, 9.17) is 10.6 Å². The van der Waals surface area contributed by atoms with Crippen molar-refractivity contribution in [1.29, 1.82) is 0 Å². The van der Waals surface area contributed by atoms with Crippen LogP contribution in [0.25, 0.3) is 0 Å². The normalized spacial score (nSPS) is 10.2. The number of nitrogens with two attached hydrogens (primary N) is 1. The average molecular weight is 274 g/mol. The molecule has 0 amide bonds. The van der Waals surface area contributed by atoms with Crippen LogP contribution in [0.15, 0.2) is 18.2 Å². The standard InChI is InChI=1S/C13H18N6O/c1-4-20-13-17-11(16-12(18-13)19-14)15-10-7-5-6-8(2)9(10)3/h5-7H,4,14H2,1-3H3,(H2,15,16,17,18,19). The predicted molar refractivity (Wildman–Crippen MR) is 78.0 cm³/mol. The first-order valence-electron chi connectivity index (χ1n) is 6.32. The van der Waals surface area contributed by atoms with Crippen LogP contribution in [0.1, 0.15) is 18.1 Å². The number of ether oxygens (including phenoxy) is 1. The van der Waals surface area contributed by atoms with Gasteiger partial charge in [0, 0.05) is 5.69 Å². The maximum absolute atomic E-state index is 5.35. The van der Waals surface area contributed by atoms with Crippen molar-refractivity contribution in [3.8, 4) is 6.01 Å². The van der Waals surface area contributed by atoms with Crippen molar-refractivity contribution in [3.63, 3.8) is 0 Å². The molecular formula is C13H18N6O. The van der Waals surface area contributed by atoms with Gasteiger partial charge < -0.3 is 10.1 Å². The summed E-state index contributed by atoms with van der Waals surface area (Å²) in [5.41, 5.74) is 5.65. The number of aryl methyl sites for hydroxylation is 1. The second-order valence-corrected chi connectivity index (χ2v) is 4.22. The van der Waals surface area contributed by atoms with Crippen molar-refractivity contribution in [2.75, 3.05) is 17.3 Å². The van der Waals surface area contributed by atoms with E-state index in [1.165, 1.54) is 5.56 Å². The van der Waals surface area contributed by atoms with Gasteiger partial charge in [-0.25, -0.2) is 5.84 Å². The Labute approximate surface area is 117 Å². The van der Waals surface area contributed by atoms with E-state index in [0.29, 0.717) is 12.6 Å². The fraction of sp³-hybridized carbons (Fsp3) is 0.308. The minimum atomic E-state index is 0.225. The van der Waals surface area contributed by atoms with Crippen LogP contribution in [-0.4, -0.2) is 21.6 Å². The lowest BCUT2D eigenvalue weighted by Crippen LogP contribution is -2.13. The molecule has 1 aromatic carbocycles. The molecule has 7 heteroatoms. The Balaban J connectivity index is 2.32. The third-order valence-corrected chi connectivity index (χ3v) is 2.87. The van der Waals surface area contributed by atoms with Crippen LogP contribution in [0, 0.1) is 13.8 Å². The van der Waals surface area contributed by atoms with Crippen molar-refractivity contribution >= 4 is 17.6 Å². The highest BCUT2D eigenvalue weighted by atomic mass is 16.5. The number of nitrogens with one attached hydrogen (secondary N) is 2. The number of nitrogen functional groups attached to an aromatic ring is 1. The molecule has 0 radical (unpaired) electrons. The average Bonchev–Trinajstić information content (AvgIpc) is 2.44. The van der Waals surface area contributed by atoms with Gasteiger partial charge >= 0.3 is 6.01 Å². The molecule has 0 unspecified atom stereocenters. The molecule has 0 fully saturated rings. The van der Waals surface area contributed by atoms with E-state index in [1.54, 1.807) is 0 Å². The molecule has 2 rings (SSSR count). The molecule has 0 aliphatic carbocycles. The Morgan fingerprint density at radius 2 is 1.90 bits per heavy atom. The molecule has 1 heterocycles. The molecule has 1 aromatic heterocycles. The first-order chi connectivity index (χ1) is 9.63. The van der Waals surface area contributed by atoms with Crippen LogP contribution >= 0.6 is 0 Å². The zero-order chi connectivity index (χ0) is 14.5. The maximum atomic E-state index is 5.35. The molecule has 2 aromatic rings. The maximum Gasteiger partial charge on any atom is 0.323 e. The van der Waals surface area contributed by atoms with Crippen molar-refractivity contribution in [1.82, 2.24) is 15.0 Å². The van der Waals surface area contributed by atoms with Crippen molar-refractivity contribution in [2.24, 2.45) is 5.84 Å². The highest BCUT2D eigenvalue weighted by Crippen LogP contribution is 2.22. The second-order valence-electron chi connectivity index (χ2n) is 4.22. The van der Waals surface area contributed by atoms with E-state index in [-0.39, 0.29) is 12.0 Å². The fourth-order valence-corrected chi connectivity index (χ4v) is 1.68. The first-order valence-corrected chi connectivity index (χ1v) is 6.32. The Kier molecular flexibility index (Phi) is 4.31. The van der Waals surface area contributed by atoms with Gasteiger partial charge in [0.15, 0.2) is 0 Å². The minimum absolute atomic E-state index is 0.225. The van der Waals surface area contributed by atoms with Crippen molar-refractivity contribution in [2.45, 2.75) is 20.8 Å². The quantitative estimate of drug-likeness (QED) is 0.566. The second kappa shape index (κ2) is 6.16. The Hall–Kier alpha value is -2.41. The van der Waals surface area contributed by atoms with Gasteiger partial charge in [0.05, 0.1) is 6.61 Å². The molecule has 0 atom stereocenters. The molecule has 20 heavy (non-hydrogen) atoms. The lowest BCUT2D eigenvalue weighted by molar-refractivity contribution is 0.312. The van der Waals surface area contributed by atoms with Gasteiger partial charge in [-0.1, -0.05) is 12.1 Å². The topological polar surface area (TPSA) is 98.0 Å². The van der Waals surface area contributed by atoms with Gasteiger partial charge in [0.1, 0.15) is 0 Å². The summed E-state index contributed by atoms with van der Waals surface area (Å²) in [6.45, 7) is 6.41. The number of aromatic nitrogens is 3. The molecule has 0 bridgehead atoms. The lowest BCUT2D eigenvalue weighted by atomic mass is 10.1. The minimum Gasteiger partial charge on any atom is -0.464 e. The van der Waals surface area contributed by atoms with Gasteiger partial charge in [-0.3, -0.25) is 5.43 Å². The summed E-state index contributed by atoms with van der Waals surface area (Å²) in [6, 6.07) is 6.20. The summed E-state index contributed by atoms with van der Waals surface area (Å²) in [4.78, 5) is 12.3. The molecular weight excluding hydrogens is 256 g/mol. The van der Waals surface area contributed by atoms with Crippen LogP contribution in [0.4, 0.5) is 17.6 Å². The number of hydrogen-bond donors (Lipinski definition) is 3. The summed E-state index contributed by atoms with van der Waals surface area (Å²) in [5, 5.41) is 3.15. The molecule has 4 N–H and O–H groups in total. The number of anilines is 3. The predicted octanol–water partition coefficient (Wildman–Crippen LogP) is 1.92. The van der Waals surface area contributed by atoms with Crippen molar-refractivity contribution < 1.29 is 4.74 Å². The van der Waals surface area contributed by atoms with Gasteiger partial charge in [0.2, 0.25) is 11.9 Å². The number of hydrogen-bond acceptors (Lipinski definition) is 7. The van der Waals surface area contributed by atoms with Crippen molar-refractivity contribution in [3.05, 3.63) is 29.3 Å². The van der Waals surface area contributed by atoms with Gasteiger partial charge in [-0.2, -0.15) is 15.0 Å². The molecule has 7 nitrogen and oxygen atoms in total. The Morgan fingerprint density at radius 1 is 1.15 bits per heavy atom. The molecule has 0 aliphatic rings. The summed E-state index contributed by atoms with van der Waals surface area (Å²) >= 11 is 0. The van der Waals surface area contributed by atoms with E-state index in [1.807, 2.05) is 39.0 Å². The highest BCUT2D eigenvalue weighted by molar-refractivity contribution is 5.60. The molecule has 0 spiro atoms. The van der Waals surface area contributed by atoms with Crippen LogP contribution in [0.3, 0.4) is 0 Å². The smallest absolute Gasteiger partial charge is 0.323 e. The number of rotatable bonds is 5. The summed E-state index contributed by atoms with van der Waals surface area (Å²) < 4.78 is 5.28. The van der Waals surface area contributed by atoms with E-state index < -0.39 is 0 Å². The molecule has 0 aliphatic heterocycles. The monoisotopic (exact) mass is 274 g/mol. The summed E-state index contributed by atoms with van der Waals surface area (Å²) in [7, 11) is 0. The van der Waals surface area contributed by atoms with E-state index in [9.17, 15) is 0 Å². The number of benzene rings is 1. The SMILES string of the molecule is CCOc1nc(NN)nc(Nc2cccc(C)c2C)n1. The van der Waals surface area contributed by atoms with Gasteiger partial charge in [-0.05, 0) is 38.0 Å². The third-order valence-electron chi connectivity index (χ3n) is 2.87. The summed E-state index contributed by atoms with van der Waals surface area (Å²) in [5.74, 6) is 5.97. The molecule has 0 saturated heterocycles. The Morgan fingerprint density at radius 3 is 2.60 bits per heavy atom. The van der Waals surface area contributed by atoms with Gasteiger partial charge in [0.25, 0.3) is 0 Å². The molecule has 0 saturated carbocycles. The summed E-state index contributed by atoms with van der Waals surface area (Å²) in [6.07, 6.45) is 0. The fourth-order valence-electron chi connectivity index (χ4n) is 1.68. The Bertz CT molecular complexity index is 601. The largest absolute Gasteiger partial charge is 0.464 e. The zero-order valence-electron chi connectivity index (χ0n) is 11.8. The van der Waals surface area contributed by atoms with E-state index >= 15 is 0 Å². The number of hydrazine groups is 1.